The maximum atomic E-state index is 14.0. The van der Waals surface area contributed by atoms with Gasteiger partial charge in [0, 0.05) is 23.9 Å². The van der Waals surface area contributed by atoms with E-state index in [1.165, 1.54) is 37.6 Å². The van der Waals surface area contributed by atoms with Gasteiger partial charge < -0.3 is 20.2 Å². The van der Waals surface area contributed by atoms with Crippen molar-refractivity contribution in [2.45, 2.75) is 0 Å². The normalized spacial score (nSPS) is 10.6. The van der Waals surface area contributed by atoms with Crippen LogP contribution in [0.1, 0.15) is 10.4 Å². The third-order valence-corrected chi connectivity index (χ3v) is 4.63. The van der Waals surface area contributed by atoms with E-state index in [2.05, 4.69) is 4.98 Å². The number of benzene rings is 2. The molecule has 0 atom stereocenters. The maximum absolute atomic E-state index is 14.0. The molecule has 3 rings (SSSR count). The molecule has 0 fully saturated rings. The van der Waals surface area contributed by atoms with E-state index in [1.54, 1.807) is 6.07 Å². The lowest BCUT2D eigenvalue weighted by Gasteiger charge is -2.17. The molecule has 144 valence electrons. The molecule has 3 aromatic rings. The Labute approximate surface area is 168 Å². The first-order valence-electron chi connectivity index (χ1n) is 7.84. The van der Waals surface area contributed by atoms with Crippen molar-refractivity contribution < 1.29 is 18.7 Å². The first-order chi connectivity index (χ1) is 13.3. The molecule has 0 radical (unpaired) electrons. The highest BCUT2D eigenvalue weighted by molar-refractivity contribution is 6.44. The Morgan fingerprint density at radius 1 is 1.18 bits per heavy atom. The molecule has 6 nitrogen and oxygen atoms in total. The summed E-state index contributed by atoms with van der Waals surface area (Å²) in [5.74, 6) is -1.49. The first-order valence-corrected chi connectivity index (χ1v) is 8.59. The van der Waals surface area contributed by atoms with Gasteiger partial charge in [-0.15, -0.1) is 0 Å². The summed E-state index contributed by atoms with van der Waals surface area (Å²) < 4.78 is 24.7. The summed E-state index contributed by atoms with van der Waals surface area (Å²) >= 11 is 12.5. The molecule has 1 heterocycles. The molecular weight excluding hydrogens is 410 g/mol. The minimum atomic E-state index is -0.839. The van der Waals surface area contributed by atoms with Crippen LogP contribution in [0.5, 0.6) is 17.2 Å². The Hall–Kier alpha value is -3.03. The maximum Gasteiger partial charge on any atom is 0.252 e. The molecule has 2 aromatic carbocycles. The topological polar surface area (TPSA) is 94.4 Å². The minimum Gasteiger partial charge on any atom is -0.494 e. The summed E-state index contributed by atoms with van der Waals surface area (Å²) in [6, 6.07) is 7.93. The van der Waals surface area contributed by atoms with Gasteiger partial charge in [0.25, 0.3) is 5.91 Å². The van der Waals surface area contributed by atoms with Crippen molar-refractivity contribution in [1.29, 1.82) is 0 Å². The van der Waals surface area contributed by atoms with E-state index in [0.717, 1.165) is 6.07 Å². The van der Waals surface area contributed by atoms with Crippen LogP contribution in [0.15, 0.2) is 47.4 Å². The number of hydrogen-bond donors (Lipinski definition) is 2. The number of aromatic nitrogens is 1. The second kappa shape index (κ2) is 7.92. The molecule has 0 bridgehead atoms. The molecule has 3 N–H and O–H groups in total. The summed E-state index contributed by atoms with van der Waals surface area (Å²) in [7, 11) is 1.33. The van der Waals surface area contributed by atoms with E-state index in [-0.39, 0.29) is 38.4 Å². The van der Waals surface area contributed by atoms with Crippen molar-refractivity contribution in [2.24, 2.45) is 5.73 Å². The smallest absolute Gasteiger partial charge is 0.252 e. The SMILES string of the molecule is COc1ccc(Oc2c(C(N)=O)cc(Cl)c(Cl)c2-c2cc[nH]c(=O)c2)cc1F. The number of ether oxygens (including phenoxy) is 2. The number of carbonyl (C=O) groups excluding carboxylic acids is 1. The fraction of sp³-hybridized carbons (Fsp3) is 0.0526. The summed E-state index contributed by atoms with van der Waals surface area (Å²) in [4.78, 5) is 26.2. The highest BCUT2D eigenvalue weighted by atomic mass is 35.5. The van der Waals surface area contributed by atoms with Crippen LogP contribution in [0, 0.1) is 5.82 Å². The Bertz CT molecular complexity index is 1130. The Balaban J connectivity index is 2.26. The van der Waals surface area contributed by atoms with E-state index in [0.29, 0.717) is 5.56 Å². The number of halogens is 3. The van der Waals surface area contributed by atoms with Crippen LogP contribution in [-0.2, 0) is 0 Å². The Morgan fingerprint density at radius 2 is 1.93 bits per heavy atom. The molecule has 0 spiro atoms. The van der Waals surface area contributed by atoms with Crippen molar-refractivity contribution in [2.75, 3.05) is 7.11 Å². The van der Waals surface area contributed by atoms with Crippen molar-refractivity contribution in [3.05, 3.63) is 74.4 Å². The molecule has 1 amide bonds. The first kappa shape index (κ1) is 19.7. The lowest BCUT2D eigenvalue weighted by Crippen LogP contribution is -2.13. The van der Waals surface area contributed by atoms with E-state index in [4.69, 9.17) is 38.4 Å². The summed E-state index contributed by atoms with van der Waals surface area (Å²) in [5, 5.41) is 0.0836. The van der Waals surface area contributed by atoms with Gasteiger partial charge in [-0.2, -0.15) is 0 Å². The highest BCUT2D eigenvalue weighted by Crippen LogP contribution is 2.44. The number of hydrogen-bond acceptors (Lipinski definition) is 4. The predicted molar refractivity (Wildman–Crippen MR) is 104 cm³/mol. The number of pyridine rings is 1. The van der Waals surface area contributed by atoms with Crippen molar-refractivity contribution in [1.82, 2.24) is 4.98 Å². The number of nitrogens with two attached hydrogens (primary N) is 1. The van der Waals surface area contributed by atoms with Crippen molar-refractivity contribution in [3.63, 3.8) is 0 Å². The number of rotatable bonds is 5. The van der Waals surface area contributed by atoms with E-state index < -0.39 is 17.3 Å². The average Bonchev–Trinajstić information content (AvgIpc) is 2.64. The third-order valence-electron chi connectivity index (χ3n) is 3.84. The number of methoxy groups -OCH3 is 1. The molecule has 9 heteroatoms. The Kier molecular flexibility index (Phi) is 5.58. The zero-order chi connectivity index (χ0) is 20.4. The second-order valence-electron chi connectivity index (χ2n) is 5.63. The molecule has 1 aromatic heterocycles. The van der Waals surface area contributed by atoms with Crippen LogP contribution < -0.4 is 20.8 Å². The van der Waals surface area contributed by atoms with Crippen LogP contribution in [0.4, 0.5) is 4.39 Å². The van der Waals surface area contributed by atoms with Crippen LogP contribution in [0.3, 0.4) is 0 Å². The van der Waals surface area contributed by atoms with Gasteiger partial charge in [-0.05, 0) is 29.8 Å². The average molecular weight is 423 g/mol. The lowest BCUT2D eigenvalue weighted by molar-refractivity contribution is 0.0998. The van der Waals surface area contributed by atoms with E-state index >= 15 is 0 Å². The minimum absolute atomic E-state index is 0.0198. The van der Waals surface area contributed by atoms with Gasteiger partial charge in [-0.25, -0.2) is 4.39 Å². The van der Waals surface area contributed by atoms with Crippen LogP contribution in [-0.4, -0.2) is 18.0 Å². The van der Waals surface area contributed by atoms with Gasteiger partial charge in [0.15, 0.2) is 11.6 Å². The molecule has 0 unspecified atom stereocenters. The lowest BCUT2D eigenvalue weighted by atomic mass is 10.0. The summed E-state index contributed by atoms with van der Waals surface area (Å²) in [6.07, 6.45) is 1.40. The molecule has 0 saturated heterocycles. The van der Waals surface area contributed by atoms with E-state index in [9.17, 15) is 14.0 Å². The Morgan fingerprint density at radius 3 is 2.54 bits per heavy atom. The number of aromatic amines is 1. The fourth-order valence-electron chi connectivity index (χ4n) is 2.58. The largest absolute Gasteiger partial charge is 0.494 e. The van der Waals surface area contributed by atoms with Gasteiger partial charge in [0.2, 0.25) is 5.56 Å². The number of nitrogens with one attached hydrogen (secondary N) is 1. The summed E-state index contributed by atoms with van der Waals surface area (Å²) in [5.41, 5.74) is 5.48. The number of carbonyl (C=O) groups is 1. The molecule has 0 aliphatic rings. The number of primary amides is 1. The predicted octanol–water partition coefficient (Wildman–Crippen LogP) is 4.39. The van der Waals surface area contributed by atoms with Gasteiger partial charge in [0.05, 0.1) is 22.7 Å². The van der Waals surface area contributed by atoms with Crippen molar-refractivity contribution in [3.8, 4) is 28.4 Å². The molecule has 28 heavy (non-hydrogen) atoms. The third kappa shape index (κ3) is 3.81. The standard InChI is InChI=1S/C19H13Cl2FN2O4/c1-27-14-3-2-10(7-13(14)22)28-18-11(19(23)26)8-12(20)17(21)16(18)9-4-5-24-15(25)6-9/h2-8H,1H3,(H2,23,26)(H,24,25). The zero-order valence-electron chi connectivity index (χ0n) is 14.4. The quantitative estimate of drug-likeness (QED) is 0.637. The van der Waals surface area contributed by atoms with Gasteiger partial charge >= 0.3 is 0 Å². The molecular formula is C19H13Cl2FN2O4. The number of H-pyrrole nitrogens is 1. The second-order valence-corrected chi connectivity index (χ2v) is 6.41. The van der Waals surface area contributed by atoms with Crippen LogP contribution in [0.2, 0.25) is 10.0 Å². The summed E-state index contributed by atoms with van der Waals surface area (Å²) in [6.45, 7) is 0. The van der Waals surface area contributed by atoms with Gasteiger partial charge in [0.1, 0.15) is 11.5 Å². The van der Waals surface area contributed by atoms with Gasteiger partial charge in [-0.3, -0.25) is 9.59 Å². The monoisotopic (exact) mass is 422 g/mol. The van der Waals surface area contributed by atoms with Crippen LogP contribution >= 0.6 is 23.2 Å². The molecule has 0 aliphatic carbocycles. The van der Waals surface area contributed by atoms with Crippen LogP contribution in [0.25, 0.3) is 11.1 Å². The number of amides is 1. The fourth-order valence-corrected chi connectivity index (χ4v) is 3.04. The van der Waals surface area contributed by atoms with Gasteiger partial charge in [-0.1, -0.05) is 23.2 Å². The van der Waals surface area contributed by atoms with Crippen molar-refractivity contribution >= 4 is 29.1 Å². The highest BCUT2D eigenvalue weighted by Gasteiger charge is 2.23. The molecule has 0 aliphatic heterocycles. The zero-order valence-corrected chi connectivity index (χ0v) is 15.9. The van der Waals surface area contributed by atoms with E-state index in [1.807, 2.05) is 0 Å². The molecule has 0 saturated carbocycles.